The first kappa shape index (κ1) is 11.4. The first-order valence-electron chi connectivity index (χ1n) is 5.75. The Labute approximate surface area is 88.1 Å². The van der Waals surface area contributed by atoms with Crippen LogP contribution >= 0.6 is 11.6 Å². The molecule has 0 N–H and O–H groups in total. The zero-order valence-corrected chi connectivity index (χ0v) is 9.98. The number of alkyl halides is 1. The van der Waals surface area contributed by atoms with E-state index in [0.29, 0.717) is 5.38 Å². The lowest BCUT2D eigenvalue weighted by atomic mass is 9.84. The van der Waals surface area contributed by atoms with E-state index in [0.717, 1.165) is 17.8 Å². The van der Waals surface area contributed by atoms with Crippen LogP contribution in [0.5, 0.6) is 0 Å². The van der Waals surface area contributed by atoms with Crippen molar-refractivity contribution in [3.8, 4) is 0 Å². The minimum atomic E-state index is 0.348. The predicted octanol–water partition coefficient (Wildman–Crippen LogP) is 4.47. The maximum Gasteiger partial charge on any atom is 0.0338 e. The molecule has 1 fully saturated rings. The van der Waals surface area contributed by atoms with E-state index in [1.54, 1.807) is 0 Å². The average molecular weight is 203 g/mol. The summed E-state index contributed by atoms with van der Waals surface area (Å²) in [5.41, 5.74) is 0. The van der Waals surface area contributed by atoms with Crippen molar-refractivity contribution in [3.63, 3.8) is 0 Å². The number of rotatable bonds is 4. The Hall–Kier alpha value is 0.290. The quantitative estimate of drug-likeness (QED) is 0.591. The Bertz CT molecular complexity index is 126. The van der Waals surface area contributed by atoms with Gasteiger partial charge in [0.15, 0.2) is 0 Å². The van der Waals surface area contributed by atoms with Crippen LogP contribution in [0, 0.1) is 17.8 Å². The van der Waals surface area contributed by atoms with Gasteiger partial charge in [0.1, 0.15) is 0 Å². The van der Waals surface area contributed by atoms with Crippen molar-refractivity contribution in [1.29, 1.82) is 0 Å². The van der Waals surface area contributed by atoms with Gasteiger partial charge in [0, 0.05) is 5.38 Å². The summed E-state index contributed by atoms with van der Waals surface area (Å²) < 4.78 is 0. The molecular weight excluding hydrogens is 180 g/mol. The molecule has 1 aliphatic carbocycles. The molecule has 0 saturated heterocycles. The molecule has 1 heteroatoms. The van der Waals surface area contributed by atoms with E-state index in [-0.39, 0.29) is 0 Å². The van der Waals surface area contributed by atoms with Crippen molar-refractivity contribution in [2.45, 2.75) is 58.3 Å². The van der Waals surface area contributed by atoms with Gasteiger partial charge in [-0.3, -0.25) is 0 Å². The average Bonchev–Trinajstić information content (AvgIpc) is 2.50. The van der Waals surface area contributed by atoms with Crippen molar-refractivity contribution in [3.05, 3.63) is 0 Å². The lowest BCUT2D eigenvalue weighted by molar-refractivity contribution is 0.294. The van der Waals surface area contributed by atoms with Crippen molar-refractivity contribution in [2.75, 3.05) is 0 Å². The second-order valence-corrected chi connectivity index (χ2v) is 5.66. The molecule has 1 saturated carbocycles. The van der Waals surface area contributed by atoms with Gasteiger partial charge >= 0.3 is 0 Å². The monoisotopic (exact) mass is 202 g/mol. The molecule has 0 aromatic heterocycles. The topological polar surface area (TPSA) is 0 Å². The smallest absolute Gasteiger partial charge is 0.0338 e. The third-order valence-electron chi connectivity index (χ3n) is 3.53. The highest BCUT2D eigenvalue weighted by Crippen LogP contribution is 2.35. The summed E-state index contributed by atoms with van der Waals surface area (Å²) in [5, 5.41) is 0.348. The van der Waals surface area contributed by atoms with Gasteiger partial charge in [0.2, 0.25) is 0 Å². The zero-order valence-electron chi connectivity index (χ0n) is 9.22. The fourth-order valence-corrected chi connectivity index (χ4v) is 3.01. The first-order valence-corrected chi connectivity index (χ1v) is 6.19. The van der Waals surface area contributed by atoms with Gasteiger partial charge in [-0.25, -0.2) is 0 Å². The molecule has 78 valence electrons. The number of halogens is 1. The standard InChI is InChI=1S/C12H23Cl/c1-9(2)12(10(3)13)8-11-6-4-5-7-11/h9-12H,4-8H2,1-3H3. The fourth-order valence-electron chi connectivity index (χ4n) is 2.62. The van der Waals surface area contributed by atoms with Crippen LogP contribution in [0.25, 0.3) is 0 Å². The SMILES string of the molecule is CC(C)C(CC1CCCC1)C(C)Cl. The Morgan fingerprint density at radius 3 is 2.08 bits per heavy atom. The van der Waals surface area contributed by atoms with Crippen LogP contribution in [0.1, 0.15) is 52.9 Å². The summed E-state index contributed by atoms with van der Waals surface area (Å²) in [6, 6.07) is 0. The predicted molar refractivity (Wildman–Crippen MR) is 60.2 cm³/mol. The summed E-state index contributed by atoms with van der Waals surface area (Å²) in [4.78, 5) is 0. The van der Waals surface area contributed by atoms with Gasteiger partial charge in [-0.15, -0.1) is 11.6 Å². The molecule has 0 nitrogen and oxygen atoms in total. The van der Waals surface area contributed by atoms with Gasteiger partial charge in [0.05, 0.1) is 0 Å². The minimum absolute atomic E-state index is 0.348. The molecule has 13 heavy (non-hydrogen) atoms. The molecule has 0 bridgehead atoms. The van der Waals surface area contributed by atoms with Crippen molar-refractivity contribution >= 4 is 11.6 Å². The first-order chi connectivity index (χ1) is 6.11. The minimum Gasteiger partial charge on any atom is -0.123 e. The van der Waals surface area contributed by atoms with Crippen molar-refractivity contribution < 1.29 is 0 Å². The lowest BCUT2D eigenvalue weighted by Gasteiger charge is -2.26. The van der Waals surface area contributed by atoms with E-state index < -0.39 is 0 Å². The molecule has 1 rings (SSSR count). The van der Waals surface area contributed by atoms with Gasteiger partial charge < -0.3 is 0 Å². The van der Waals surface area contributed by atoms with Crippen LogP contribution in [0.15, 0.2) is 0 Å². The van der Waals surface area contributed by atoms with Crippen LogP contribution < -0.4 is 0 Å². The summed E-state index contributed by atoms with van der Waals surface area (Å²) in [6.45, 7) is 6.76. The van der Waals surface area contributed by atoms with Gasteiger partial charge in [0.25, 0.3) is 0 Å². The molecule has 1 aliphatic rings. The zero-order chi connectivity index (χ0) is 9.84. The van der Waals surface area contributed by atoms with Crippen LogP contribution in [0.2, 0.25) is 0 Å². The van der Waals surface area contributed by atoms with Gasteiger partial charge in [-0.05, 0) is 31.1 Å². The molecule has 2 atom stereocenters. The molecule has 0 aliphatic heterocycles. The highest BCUT2D eigenvalue weighted by atomic mass is 35.5. The third kappa shape index (κ3) is 3.50. The molecular formula is C12H23Cl. The molecule has 0 radical (unpaired) electrons. The van der Waals surface area contributed by atoms with Gasteiger partial charge in [-0.1, -0.05) is 39.5 Å². The van der Waals surface area contributed by atoms with E-state index in [1.807, 2.05) is 0 Å². The number of hydrogen-bond donors (Lipinski definition) is 0. The normalized spacial score (nSPS) is 23.8. The summed E-state index contributed by atoms with van der Waals surface area (Å²) in [7, 11) is 0. The second kappa shape index (κ2) is 5.24. The van der Waals surface area contributed by atoms with E-state index in [2.05, 4.69) is 20.8 Å². The second-order valence-electron chi connectivity index (χ2n) is 4.97. The largest absolute Gasteiger partial charge is 0.123 e. The summed E-state index contributed by atoms with van der Waals surface area (Å²) in [6.07, 6.45) is 7.17. The molecule has 0 aromatic carbocycles. The van der Waals surface area contributed by atoms with Crippen molar-refractivity contribution in [1.82, 2.24) is 0 Å². The Balaban J connectivity index is 2.37. The van der Waals surface area contributed by atoms with E-state index in [1.165, 1.54) is 32.1 Å². The van der Waals surface area contributed by atoms with Crippen molar-refractivity contribution in [2.24, 2.45) is 17.8 Å². The molecule has 0 aromatic rings. The number of hydrogen-bond acceptors (Lipinski definition) is 0. The maximum atomic E-state index is 6.22. The molecule has 2 unspecified atom stereocenters. The Morgan fingerprint density at radius 1 is 1.15 bits per heavy atom. The Morgan fingerprint density at radius 2 is 1.69 bits per heavy atom. The van der Waals surface area contributed by atoms with E-state index >= 15 is 0 Å². The van der Waals surface area contributed by atoms with E-state index in [9.17, 15) is 0 Å². The third-order valence-corrected chi connectivity index (χ3v) is 3.85. The fraction of sp³-hybridized carbons (Fsp3) is 1.00. The highest BCUT2D eigenvalue weighted by Gasteiger charge is 2.25. The van der Waals surface area contributed by atoms with Crippen LogP contribution in [-0.2, 0) is 0 Å². The molecule has 0 heterocycles. The van der Waals surface area contributed by atoms with Gasteiger partial charge in [-0.2, -0.15) is 0 Å². The summed E-state index contributed by atoms with van der Waals surface area (Å²) >= 11 is 6.22. The highest BCUT2D eigenvalue weighted by molar-refractivity contribution is 6.20. The van der Waals surface area contributed by atoms with Crippen LogP contribution in [0.3, 0.4) is 0 Å². The van der Waals surface area contributed by atoms with Crippen LogP contribution in [-0.4, -0.2) is 5.38 Å². The van der Waals surface area contributed by atoms with E-state index in [4.69, 9.17) is 11.6 Å². The molecule has 0 amide bonds. The maximum absolute atomic E-state index is 6.22. The lowest BCUT2D eigenvalue weighted by Crippen LogP contribution is -2.20. The Kier molecular flexibility index (Phi) is 4.58. The van der Waals surface area contributed by atoms with Crippen LogP contribution in [0.4, 0.5) is 0 Å². The summed E-state index contributed by atoms with van der Waals surface area (Å²) in [5.74, 6) is 2.45. The molecule has 0 spiro atoms.